The maximum absolute atomic E-state index is 13.2. The van der Waals surface area contributed by atoms with Crippen molar-refractivity contribution in [3.63, 3.8) is 0 Å². The number of piperazine rings is 1. The Labute approximate surface area is 215 Å². The number of rotatable bonds is 10. The molecule has 1 aliphatic rings. The highest BCUT2D eigenvalue weighted by Crippen LogP contribution is 2.20. The summed E-state index contributed by atoms with van der Waals surface area (Å²) in [5.74, 6) is -3.44. The molecular weight excluding hydrogens is 513 g/mol. The minimum absolute atomic E-state index is 0.00601. The Morgan fingerprint density at radius 3 is 2.44 bits per heavy atom. The van der Waals surface area contributed by atoms with Crippen molar-refractivity contribution in [1.82, 2.24) is 14.3 Å². The minimum Gasteiger partial charge on any atom is -0.480 e. The molecule has 2 aromatic rings. The molecule has 0 saturated carbocycles. The Hall–Kier alpha value is -2.57. The van der Waals surface area contributed by atoms with Crippen LogP contribution in [-0.2, 0) is 37.5 Å². The molecular formula is C24H29ClFN3O6S. The van der Waals surface area contributed by atoms with E-state index in [1.165, 1.54) is 18.2 Å². The van der Waals surface area contributed by atoms with Gasteiger partial charge in [-0.3, -0.25) is 19.3 Å². The molecule has 1 saturated heterocycles. The van der Waals surface area contributed by atoms with Gasteiger partial charge in [0.15, 0.2) is 5.75 Å². The topological polar surface area (TPSA) is 107 Å². The minimum atomic E-state index is -4.37. The molecule has 196 valence electrons. The molecule has 0 aromatic heterocycles. The van der Waals surface area contributed by atoms with E-state index < -0.39 is 34.3 Å². The predicted octanol–water partition coefficient (Wildman–Crippen LogP) is 2.75. The SMILES string of the molecule is C[C@@H]1CN(Cc2ccc(F)cc2)[C@@H](C)CN1C(=O)CON(Cc1cccc(Cl)c1)S(=O)(=O)CC(=O)O. The van der Waals surface area contributed by atoms with Crippen molar-refractivity contribution in [2.24, 2.45) is 0 Å². The summed E-state index contributed by atoms with van der Waals surface area (Å²) in [6.07, 6.45) is 0. The van der Waals surface area contributed by atoms with Crippen LogP contribution in [0.1, 0.15) is 25.0 Å². The van der Waals surface area contributed by atoms with Gasteiger partial charge in [-0.2, -0.15) is 0 Å². The van der Waals surface area contributed by atoms with Crippen LogP contribution in [0.5, 0.6) is 0 Å². The number of amides is 1. The third-order valence-electron chi connectivity index (χ3n) is 5.88. The number of hydrogen-bond donors (Lipinski definition) is 1. The van der Waals surface area contributed by atoms with Gasteiger partial charge in [-0.25, -0.2) is 12.8 Å². The van der Waals surface area contributed by atoms with Gasteiger partial charge in [-0.15, -0.1) is 0 Å². The molecule has 2 aromatic carbocycles. The highest BCUT2D eigenvalue weighted by Gasteiger charge is 2.33. The first-order valence-corrected chi connectivity index (χ1v) is 13.3. The van der Waals surface area contributed by atoms with Crippen LogP contribution in [0.4, 0.5) is 4.39 Å². The molecule has 0 bridgehead atoms. The van der Waals surface area contributed by atoms with E-state index in [-0.39, 0.29) is 24.4 Å². The molecule has 3 rings (SSSR count). The number of benzene rings is 2. The van der Waals surface area contributed by atoms with Crippen LogP contribution in [0, 0.1) is 5.82 Å². The van der Waals surface area contributed by atoms with Gasteiger partial charge < -0.3 is 10.0 Å². The van der Waals surface area contributed by atoms with E-state index in [0.29, 0.717) is 34.7 Å². The van der Waals surface area contributed by atoms with E-state index >= 15 is 0 Å². The molecule has 1 aliphatic heterocycles. The average molecular weight is 542 g/mol. The van der Waals surface area contributed by atoms with Crippen molar-refractivity contribution in [3.05, 3.63) is 70.5 Å². The van der Waals surface area contributed by atoms with Crippen LogP contribution in [0.3, 0.4) is 0 Å². The molecule has 1 amide bonds. The Balaban J connectivity index is 1.65. The Morgan fingerprint density at radius 1 is 1.11 bits per heavy atom. The lowest BCUT2D eigenvalue weighted by Gasteiger charge is -2.44. The summed E-state index contributed by atoms with van der Waals surface area (Å²) in [4.78, 5) is 33.3. The van der Waals surface area contributed by atoms with E-state index in [0.717, 1.165) is 5.56 Å². The van der Waals surface area contributed by atoms with Crippen molar-refractivity contribution < 1.29 is 32.3 Å². The number of carboxylic acids is 1. The van der Waals surface area contributed by atoms with Gasteiger partial charge in [-0.1, -0.05) is 40.3 Å². The van der Waals surface area contributed by atoms with Gasteiger partial charge in [-0.05, 0) is 49.2 Å². The number of nitrogens with zero attached hydrogens (tertiary/aromatic N) is 3. The van der Waals surface area contributed by atoms with Gasteiger partial charge in [0.05, 0.1) is 6.54 Å². The standard InChI is InChI=1S/C24H29ClFN3O6S/c1-17-12-28(18(2)11-27(17)13-19-6-8-22(26)9-7-19)23(30)15-35-29(36(33,34)16-24(31)32)14-20-4-3-5-21(25)10-20/h3-10,17-18H,11-16H2,1-2H3,(H,31,32)/t17-,18+/m0/s1. The third kappa shape index (κ3) is 7.71. The van der Waals surface area contributed by atoms with Crippen molar-refractivity contribution >= 4 is 33.5 Å². The molecule has 12 heteroatoms. The number of carbonyl (C=O) groups is 2. The number of hydroxylamine groups is 1. The predicted molar refractivity (Wildman–Crippen MR) is 132 cm³/mol. The Bertz CT molecular complexity index is 1180. The van der Waals surface area contributed by atoms with E-state index in [9.17, 15) is 22.4 Å². The highest BCUT2D eigenvalue weighted by atomic mass is 35.5. The van der Waals surface area contributed by atoms with E-state index in [1.54, 1.807) is 35.2 Å². The van der Waals surface area contributed by atoms with Crippen molar-refractivity contribution in [3.8, 4) is 0 Å². The van der Waals surface area contributed by atoms with Crippen LogP contribution in [0.2, 0.25) is 5.02 Å². The molecule has 0 unspecified atom stereocenters. The number of carboxylic acid groups (broad SMARTS) is 1. The second kappa shape index (κ2) is 12.1. The third-order valence-corrected chi connectivity index (χ3v) is 7.59. The quantitative estimate of drug-likeness (QED) is 0.461. The highest BCUT2D eigenvalue weighted by molar-refractivity contribution is 7.89. The maximum atomic E-state index is 13.2. The average Bonchev–Trinajstić information content (AvgIpc) is 2.79. The molecule has 0 aliphatic carbocycles. The monoisotopic (exact) mass is 541 g/mol. The number of sulfonamides is 1. The zero-order valence-electron chi connectivity index (χ0n) is 20.0. The van der Waals surface area contributed by atoms with Gasteiger partial charge >= 0.3 is 5.97 Å². The number of aliphatic carboxylic acids is 1. The molecule has 1 heterocycles. The summed E-state index contributed by atoms with van der Waals surface area (Å²) in [6.45, 7) is 4.53. The van der Waals surface area contributed by atoms with Gasteiger partial charge in [0.1, 0.15) is 12.4 Å². The lowest BCUT2D eigenvalue weighted by atomic mass is 10.1. The number of halogens is 2. The van der Waals surface area contributed by atoms with Crippen LogP contribution in [0.25, 0.3) is 0 Å². The maximum Gasteiger partial charge on any atom is 0.320 e. The molecule has 9 nitrogen and oxygen atoms in total. The van der Waals surface area contributed by atoms with Crippen LogP contribution < -0.4 is 0 Å². The van der Waals surface area contributed by atoms with Crippen LogP contribution >= 0.6 is 11.6 Å². The van der Waals surface area contributed by atoms with Crippen molar-refractivity contribution in [2.75, 3.05) is 25.4 Å². The zero-order valence-corrected chi connectivity index (χ0v) is 21.6. The van der Waals surface area contributed by atoms with Gasteiger partial charge in [0.25, 0.3) is 5.91 Å². The second-order valence-electron chi connectivity index (χ2n) is 8.81. The molecule has 0 spiro atoms. The second-order valence-corrected chi connectivity index (χ2v) is 11.1. The van der Waals surface area contributed by atoms with Crippen LogP contribution in [-0.4, -0.2) is 77.2 Å². The first-order valence-electron chi connectivity index (χ1n) is 11.3. The summed E-state index contributed by atoms with van der Waals surface area (Å²) < 4.78 is 38.9. The van der Waals surface area contributed by atoms with Crippen molar-refractivity contribution in [2.45, 2.75) is 39.0 Å². The largest absolute Gasteiger partial charge is 0.480 e. The summed E-state index contributed by atoms with van der Waals surface area (Å²) in [5, 5.41) is 9.39. The summed E-state index contributed by atoms with van der Waals surface area (Å²) >= 11 is 5.97. The molecule has 36 heavy (non-hydrogen) atoms. The summed E-state index contributed by atoms with van der Waals surface area (Å²) in [6, 6.07) is 12.5. The Kier molecular flexibility index (Phi) is 9.42. The van der Waals surface area contributed by atoms with Gasteiger partial charge in [0.2, 0.25) is 10.0 Å². The van der Waals surface area contributed by atoms with Crippen LogP contribution in [0.15, 0.2) is 48.5 Å². The molecule has 1 N–H and O–H groups in total. The Morgan fingerprint density at radius 2 is 1.81 bits per heavy atom. The fourth-order valence-electron chi connectivity index (χ4n) is 4.04. The summed E-state index contributed by atoms with van der Waals surface area (Å²) in [5.41, 5.74) is 1.43. The van der Waals surface area contributed by atoms with Crippen molar-refractivity contribution in [1.29, 1.82) is 0 Å². The fraction of sp³-hybridized carbons (Fsp3) is 0.417. The van der Waals surface area contributed by atoms with E-state index in [4.69, 9.17) is 21.5 Å². The fourth-order valence-corrected chi connectivity index (χ4v) is 5.27. The number of carbonyl (C=O) groups excluding carboxylic acids is 1. The molecule has 2 atom stereocenters. The number of hydrogen-bond acceptors (Lipinski definition) is 6. The first kappa shape index (κ1) is 28.0. The normalized spacial score (nSPS) is 19.0. The first-order chi connectivity index (χ1) is 16.9. The van der Waals surface area contributed by atoms with Gasteiger partial charge in [0, 0.05) is 36.7 Å². The van der Waals surface area contributed by atoms with E-state index in [2.05, 4.69) is 4.90 Å². The lowest BCUT2D eigenvalue weighted by Crippen LogP contribution is -2.58. The smallest absolute Gasteiger partial charge is 0.320 e. The zero-order chi connectivity index (χ0) is 26.5. The van der Waals surface area contributed by atoms with E-state index in [1.807, 2.05) is 13.8 Å². The summed E-state index contributed by atoms with van der Waals surface area (Å²) in [7, 11) is -4.37. The molecule has 0 radical (unpaired) electrons. The lowest BCUT2D eigenvalue weighted by molar-refractivity contribution is -0.157. The molecule has 1 fully saturated rings.